The van der Waals surface area contributed by atoms with Crippen molar-refractivity contribution < 1.29 is 9.47 Å². The van der Waals surface area contributed by atoms with Gasteiger partial charge >= 0.3 is 0 Å². The zero-order valence-electron chi connectivity index (χ0n) is 15.9. The molecule has 0 aliphatic rings. The molecule has 0 saturated heterocycles. The van der Waals surface area contributed by atoms with Crippen LogP contribution in [0, 0.1) is 0 Å². The molecule has 0 radical (unpaired) electrons. The van der Waals surface area contributed by atoms with Crippen LogP contribution in [-0.2, 0) is 13.0 Å². The Morgan fingerprint density at radius 3 is 2.52 bits per heavy atom. The van der Waals surface area contributed by atoms with Gasteiger partial charge in [0.05, 0.1) is 20.8 Å². The summed E-state index contributed by atoms with van der Waals surface area (Å²) in [5, 5.41) is 7.36. The van der Waals surface area contributed by atoms with E-state index in [0.717, 1.165) is 36.1 Å². The van der Waals surface area contributed by atoms with E-state index in [1.54, 1.807) is 14.2 Å². The normalized spacial score (nSPS) is 10.7. The van der Waals surface area contributed by atoms with Gasteiger partial charge in [0.2, 0.25) is 0 Å². The Labute approximate surface area is 183 Å². The molecule has 0 spiro atoms. The second-order valence-electron chi connectivity index (χ2n) is 5.65. The van der Waals surface area contributed by atoms with Gasteiger partial charge in [0.1, 0.15) is 0 Å². The van der Waals surface area contributed by atoms with Crippen molar-refractivity contribution in [3.05, 3.63) is 58.6 Å². The topological polar surface area (TPSA) is 54.9 Å². The summed E-state index contributed by atoms with van der Waals surface area (Å²) in [6.07, 6.45) is 0.869. The Morgan fingerprint density at radius 1 is 1.07 bits per heavy atom. The number of nitrogens with one attached hydrogen (secondary N) is 2. The van der Waals surface area contributed by atoms with E-state index < -0.39 is 0 Å². The van der Waals surface area contributed by atoms with Gasteiger partial charge in [0.15, 0.2) is 17.5 Å². The number of hydrogen-bond acceptors (Lipinski definition) is 3. The van der Waals surface area contributed by atoms with Gasteiger partial charge in [0, 0.05) is 23.7 Å². The fourth-order valence-electron chi connectivity index (χ4n) is 2.60. The lowest BCUT2D eigenvalue weighted by atomic mass is 10.1. The first-order valence-corrected chi connectivity index (χ1v) is 9.02. The van der Waals surface area contributed by atoms with Crippen molar-refractivity contribution in [1.82, 2.24) is 10.6 Å². The van der Waals surface area contributed by atoms with E-state index >= 15 is 0 Å². The third kappa shape index (κ3) is 7.46. The highest BCUT2D eigenvalue weighted by Crippen LogP contribution is 2.31. The van der Waals surface area contributed by atoms with Crippen molar-refractivity contribution in [3.8, 4) is 11.5 Å². The minimum absolute atomic E-state index is 0. The first-order chi connectivity index (χ1) is 12.7. The maximum absolute atomic E-state index is 6.03. The van der Waals surface area contributed by atoms with E-state index in [-0.39, 0.29) is 24.0 Å². The molecule has 7 heteroatoms. The molecule has 5 nitrogen and oxygen atoms in total. The lowest BCUT2D eigenvalue weighted by Crippen LogP contribution is -2.38. The molecule has 2 N–H and O–H groups in total. The quantitative estimate of drug-likeness (QED) is 0.321. The van der Waals surface area contributed by atoms with Gasteiger partial charge in [-0.1, -0.05) is 35.9 Å². The van der Waals surface area contributed by atoms with Gasteiger partial charge in [0.25, 0.3) is 0 Å². The van der Waals surface area contributed by atoms with Gasteiger partial charge in [-0.2, -0.15) is 0 Å². The molecule has 27 heavy (non-hydrogen) atoms. The van der Waals surface area contributed by atoms with E-state index in [1.807, 2.05) is 43.3 Å². The number of hydrogen-bond donors (Lipinski definition) is 2. The van der Waals surface area contributed by atoms with Crippen molar-refractivity contribution in [1.29, 1.82) is 0 Å². The van der Waals surface area contributed by atoms with Crippen LogP contribution in [0.15, 0.2) is 47.5 Å². The van der Waals surface area contributed by atoms with E-state index in [9.17, 15) is 0 Å². The molecule has 0 saturated carbocycles. The second kappa shape index (κ2) is 12.7. The highest BCUT2D eigenvalue weighted by Gasteiger charge is 2.09. The number of nitrogens with zero attached hydrogens (tertiary/aromatic N) is 1. The summed E-state index contributed by atoms with van der Waals surface area (Å²) in [4.78, 5) is 4.65. The average Bonchev–Trinajstić information content (AvgIpc) is 2.65. The van der Waals surface area contributed by atoms with E-state index in [0.29, 0.717) is 18.0 Å². The highest BCUT2D eigenvalue weighted by molar-refractivity contribution is 14.0. The van der Waals surface area contributed by atoms with Crippen molar-refractivity contribution in [2.24, 2.45) is 4.99 Å². The molecule has 0 atom stereocenters. The maximum Gasteiger partial charge on any atom is 0.191 e. The summed E-state index contributed by atoms with van der Waals surface area (Å²) in [5.41, 5.74) is 2.16. The Kier molecular flexibility index (Phi) is 11.0. The Morgan fingerprint density at radius 2 is 1.85 bits per heavy atom. The van der Waals surface area contributed by atoms with Crippen LogP contribution >= 0.6 is 35.6 Å². The number of ether oxygens (including phenoxy) is 2. The lowest BCUT2D eigenvalue weighted by Gasteiger charge is -2.13. The number of benzene rings is 2. The van der Waals surface area contributed by atoms with E-state index in [2.05, 4.69) is 21.7 Å². The second-order valence-corrected chi connectivity index (χ2v) is 6.09. The fraction of sp³-hybridized carbons (Fsp3) is 0.350. The van der Waals surface area contributed by atoms with Gasteiger partial charge in [-0.25, -0.2) is 4.99 Å². The van der Waals surface area contributed by atoms with Crippen molar-refractivity contribution in [2.75, 3.05) is 27.3 Å². The zero-order chi connectivity index (χ0) is 18.8. The predicted molar refractivity (Wildman–Crippen MR) is 123 cm³/mol. The molecule has 2 aromatic rings. The van der Waals surface area contributed by atoms with Gasteiger partial charge in [-0.05, 0) is 37.1 Å². The molecule has 0 aliphatic carbocycles. The van der Waals surface area contributed by atoms with Crippen molar-refractivity contribution in [2.45, 2.75) is 19.9 Å². The van der Waals surface area contributed by atoms with Gasteiger partial charge in [-0.3, -0.25) is 0 Å². The third-order valence-electron chi connectivity index (χ3n) is 3.83. The molecular weight excluding hydrogens is 477 g/mol. The largest absolute Gasteiger partial charge is 0.493 e. The Hall–Kier alpha value is -1.67. The molecule has 0 amide bonds. The van der Waals surface area contributed by atoms with Crippen LogP contribution in [0.4, 0.5) is 0 Å². The van der Waals surface area contributed by atoms with Gasteiger partial charge in [-0.15, -0.1) is 24.0 Å². The number of halogens is 2. The summed E-state index contributed by atoms with van der Waals surface area (Å²) in [5.74, 6) is 2.19. The summed E-state index contributed by atoms with van der Waals surface area (Å²) < 4.78 is 10.8. The first kappa shape index (κ1) is 23.4. The minimum Gasteiger partial charge on any atom is -0.493 e. The minimum atomic E-state index is 0. The summed E-state index contributed by atoms with van der Waals surface area (Å²) in [6.45, 7) is 4.09. The molecule has 0 bridgehead atoms. The van der Waals surface area contributed by atoms with Crippen LogP contribution in [0.25, 0.3) is 0 Å². The van der Waals surface area contributed by atoms with Crippen molar-refractivity contribution in [3.63, 3.8) is 0 Å². The smallest absolute Gasteiger partial charge is 0.191 e. The molecule has 0 fully saturated rings. The SMILES string of the molecule is CCNC(=NCc1cccc(OC)c1OC)NCCc1cccc(Cl)c1.I. The lowest BCUT2D eigenvalue weighted by molar-refractivity contribution is 0.352. The highest BCUT2D eigenvalue weighted by atomic mass is 127. The van der Waals surface area contributed by atoms with E-state index in [1.165, 1.54) is 5.56 Å². The zero-order valence-corrected chi connectivity index (χ0v) is 19.0. The Balaban J connectivity index is 0.00000364. The van der Waals surface area contributed by atoms with Crippen LogP contribution in [0.3, 0.4) is 0 Å². The first-order valence-electron chi connectivity index (χ1n) is 8.64. The third-order valence-corrected chi connectivity index (χ3v) is 4.07. The predicted octanol–water partition coefficient (Wildman–Crippen LogP) is 4.27. The number of guanidine groups is 1. The van der Waals surface area contributed by atoms with Crippen molar-refractivity contribution >= 4 is 41.5 Å². The maximum atomic E-state index is 6.03. The molecule has 2 rings (SSSR count). The number of para-hydroxylation sites is 1. The standard InChI is InChI=1S/C20H26ClN3O2.HI/c1-4-22-20(23-12-11-15-7-5-9-17(21)13-15)24-14-16-8-6-10-18(25-2)19(16)26-3;/h5-10,13H,4,11-12,14H2,1-3H3,(H2,22,23,24);1H. The van der Waals surface area contributed by atoms with Crippen LogP contribution in [0.5, 0.6) is 11.5 Å². The molecule has 2 aromatic carbocycles. The van der Waals surface area contributed by atoms with Crippen LogP contribution in [0.2, 0.25) is 5.02 Å². The van der Waals surface area contributed by atoms with E-state index in [4.69, 9.17) is 21.1 Å². The number of aliphatic imine (C=N–C) groups is 1. The molecule has 0 aliphatic heterocycles. The number of rotatable bonds is 8. The monoisotopic (exact) mass is 503 g/mol. The van der Waals surface area contributed by atoms with Crippen LogP contribution in [-0.4, -0.2) is 33.3 Å². The molecule has 148 valence electrons. The van der Waals surface area contributed by atoms with Crippen LogP contribution < -0.4 is 20.1 Å². The summed E-state index contributed by atoms with van der Waals surface area (Å²) in [7, 11) is 3.27. The molecule has 0 unspecified atom stereocenters. The summed E-state index contributed by atoms with van der Waals surface area (Å²) >= 11 is 6.03. The number of methoxy groups -OCH3 is 2. The Bertz CT molecular complexity index is 741. The fourth-order valence-corrected chi connectivity index (χ4v) is 2.81. The molecule has 0 aromatic heterocycles. The molecule has 0 heterocycles. The molecular formula is C20H27ClIN3O2. The summed E-state index contributed by atoms with van der Waals surface area (Å²) in [6, 6.07) is 13.7. The van der Waals surface area contributed by atoms with Crippen LogP contribution in [0.1, 0.15) is 18.1 Å². The van der Waals surface area contributed by atoms with Gasteiger partial charge < -0.3 is 20.1 Å². The average molecular weight is 504 g/mol.